The number of carbonyl (C=O) groups is 2. The van der Waals surface area contributed by atoms with Crippen LogP contribution in [0.2, 0.25) is 0 Å². The number of aliphatic hydroxyl groups excluding tert-OH is 1. The van der Waals surface area contributed by atoms with Gasteiger partial charge in [0, 0.05) is 17.3 Å². The van der Waals surface area contributed by atoms with Gasteiger partial charge in [-0.25, -0.2) is 4.79 Å². The van der Waals surface area contributed by atoms with Crippen LogP contribution in [0.1, 0.15) is 48.9 Å². The molecule has 0 saturated heterocycles. The number of anilines is 1. The Kier molecular flexibility index (Phi) is 4.81. The van der Waals surface area contributed by atoms with E-state index in [1.54, 1.807) is 24.3 Å². The van der Waals surface area contributed by atoms with Gasteiger partial charge in [0.15, 0.2) is 0 Å². The Balaban J connectivity index is 1.56. The molecule has 124 valence electrons. The van der Waals surface area contributed by atoms with Crippen molar-refractivity contribution in [2.75, 3.05) is 5.32 Å². The van der Waals surface area contributed by atoms with Crippen LogP contribution in [0.5, 0.6) is 0 Å². The van der Waals surface area contributed by atoms with E-state index in [0.717, 1.165) is 38.5 Å². The number of hydrogen-bond donors (Lipinski definition) is 4. The summed E-state index contributed by atoms with van der Waals surface area (Å²) in [5.74, 6) is -0.112. The molecule has 0 aromatic heterocycles. The molecule has 0 aliphatic heterocycles. The molecule has 0 radical (unpaired) electrons. The lowest BCUT2D eigenvalue weighted by Gasteiger charge is -2.28. The summed E-state index contributed by atoms with van der Waals surface area (Å²) in [4.78, 5) is 24.1. The van der Waals surface area contributed by atoms with Gasteiger partial charge in [0.1, 0.15) is 0 Å². The lowest BCUT2D eigenvalue weighted by molar-refractivity contribution is 0.0950. The average molecular weight is 317 g/mol. The lowest BCUT2D eigenvalue weighted by Crippen LogP contribution is -2.46. The van der Waals surface area contributed by atoms with Crippen molar-refractivity contribution in [1.82, 2.24) is 10.6 Å². The minimum absolute atomic E-state index is 0.112. The number of nitrogens with one attached hydrogen (secondary N) is 3. The van der Waals surface area contributed by atoms with E-state index in [0.29, 0.717) is 17.3 Å². The van der Waals surface area contributed by atoms with E-state index in [1.807, 2.05) is 0 Å². The highest BCUT2D eigenvalue weighted by atomic mass is 16.3. The third-order valence-corrected chi connectivity index (χ3v) is 4.34. The second-order valence-corrected chi connectivity index (χ2v) is 6.39. The Labute approximate surface area is 135 Å². The fourth-order valence-corrected chi connectivity index (χ4v) is 2.85. The molecule has 6 nitrogen and oxygen atoms in total. The SMILES string of the molecule is O=C(Nc1cccc(C(=O)NC2CC2)c1)N[C@H]1CCCC[C@@H]1O. The number of urea groups is 1. The molecule has 1 aromatic rings. The summed E-state index contributed by atoms with van der Waals surface area (Å²) in [6, 6.07) is 6.62. The van der Waals surface area contributed by atoms with Crippen LogP contribution >= 0.6 is 0 Å². The van der Waals surface area contributed by atoms with Crippen molar-refractivity contribution < 1.29 is 14.7 Å². The van der Waals surface area contributed by atoms with Gasteiger partial charge < -0.3 is 21.1 Å². The zero-order valence-electron chi connectivity index (χ0n) is 13.0. The summed E-state index contributed by atoms with van der Waals surface area (Å²) in [5, 5.41) is 18.4. The molecule has 0 heterocycles. The van der Waals surface area contributed by atoms with Crippen LogP contribution in [0, 0.1) is 0 Å². The Morgan fingerprint density at radius 2 is 1.83 bits per heavy atom. The van der Waals surface area contributed by atoms with Crippen LogP contribution in [0.25, 0.3) is 0 Å². The van der Waals surface area contributed by atoms with Gasteiger partial charge in [-0.05, 0) is 43.9 Å². The topological polar surface area (TPSA) is 90.5 Å². The molecular formula is C17H23N3O3. The van der Waals surface area contributed by atoms with Crippen LogP contribution < -0.4 is 16.0 Å². The number of carbonyl (C=O) groups excluding carboxylic acids is 2. The highest BCUT2D eigenvalue weighted by Gasteiger charge is 2.25. The molecule has 2 saturated carbocycles. The summed E-state index contributed by atoms with van der Waals surface area (Å²) in [5.41, 5.74) is 1.10. The van der Waals surface area contributed by atoms with E-state index < -0.39 is 6.10 Å². The number of amides is 3. The highest BCUT2D eigenvalue weighted by molar-refractivity contribution is 5.97. The Hall–Kier alpha value is -2.08. The molecule has 0 spiro atoms. The predicted molar refractivity (Wildman–Crippen MR) is 87.3 cm³/mol. The van der Waals surface area contributed by atoms with Gasteiger partial charge in [-0.1, -0.05) is 18.9 Å². The molecule has 4 N–H and O–H groups in total. The minimum atomic E-state index is -0.481. The second kappa shape index (κ2) is 7.00. The second-order valence-electron chi connectivity index (χ2n) is 6.39. The lowest BCUT2D eigenvalue weighted by atomic mass is 9.93. The van der Waals surface area contributed by atoms with Crippen LogP contribution in [-0.4, -0.2) is 35.2 Å². The number of hydrogen-bond acceptors (Lipinski definition) is 3. The van der Waals surface area contributed by atoms with Gasteiger partial charge >= 0.3 is 6.03 Å². The molecule has 2 atom stereocenters. The van der Waals surface area contributed by atoms with Gasteiger partial charge in [-0.2, -0.15) is 0 Å². The molecule has 0 bridgehead atoms. The monoisotopic (exact) mass is 317 g/mol. The Morgan fingerprint density at radius 3 is 2.57 bits per heavy atom. The van der Waals surface area contributed by atoms with Gasteiger partial charge in [-0.3, -0.25) is 4.79 Å². The van der Waals surface area contributed by atoms with Crippen molar-refractivity contribution in [1.29, 1.82) is 0 Å². The van der Waals surface area contributed by atoms with Gasteiger partial charge in [0.05, 0.1) is 12.1 Å². The average Bonchev–Trinajstić information content (AvgIpc) is 3.34. The van der Waals surface area contributed by atoms with Crippen molar-refractivity contribution >= 4 is 17.6 Å². The maximum absolute atomic E-state index is 12.1. The standard InChI is InChI=1S/C17H23N3O3/c21-15-7-2-1-6-14(15)20-17(23)19-13-5-3-4-11(10-13)16(22)18-12-8-9-12/h3-5,10,12,14-15,21H,1-2,6-9H2,(H,18,22)(H2,19,20,23)/t14-,15-/m0/s1. The van der Waals surface area contributed by atoms with E-state index in [4.69, 9.17) is 0 Å². The summed E-state index contributed by atoms with van der Waals surface area (Å²) >= 11 is 0. The molecule has 1 aromatic carbocycles. The first-order valence-corrected chi connectivity index (χ1v) is 8.28. The largest absolute Gasteiger partial charge is 0.391 e. The molecule has 2 aliphatic rings. The van der Waals surface area contributed by atoms with Crippen LogP contribution in [0.15, 0.2) is 24.3 Å². The first-order valence-electron chi connectivity index (χ1n) is 8.28. The van der Waals surface area contributed by atoms with Crippen molar-refractivity contribution in [2.45, 2.75) is 56.7 Å². The van der Waals surface area contributed by atoms with E-state index in [1.165, 1.54) is 0 Å². The number of benzene rings is 1. The molecule has 2 fully saturated rings. The first-order chi connectivity index (χ1) is 11.1. The maximum atomic E-state index is 12.1. The highest BCUT2D eigenvalue weighted by Crippen LogP contribution is 2.20. The molecular weight excluding hydrogens is 294 g/mol. The van der Waals surface area contributed by atoms with E-state index in [2.05, 4.69) is 16.0 Å². The molecule has 3 amide bonds. The normalized spacial score (nSPS) is 23.9. The Bertz CT molecular complexity index is 586. The minimum Gasteiger partial charge on any atom is -0.391 e. The third-order valence-electron chi connectivity index (χ3n) is 4.34. The zero-order chi connectivity index (χ0) is 16.2. The quantitative estimate of drug-likeness (QED) is 0.684. The third kappa shape index (κ3) is 4.45. The predicted octanol–water partition coefficient (Wildman–Crippen LogP) is 2.00. The van der Waals surface area contributed by atoms with E-state index >= 15 is 0 Å². The molecule has 2 aliphatic carbocycles. The summed E-state index contributed by atoms with van der Waals surface area (Å²) in [6.07, 6.45) is 5.12. The first kappa shape index (κ1) is 15.8. The van der Waals surface area contributed by atoms with E-state index in [9.17, 15) is 14.7 Å². The van der Waals surface area contributed by atoms with Gasteiger partial charge in [-0.15, -0.1) is 0 Å². The van der Waals surface area contributed by atoms with Crippen molar-refractivity contribution in [2.24, 2.45) is 0 Å². The summed E-state index contributed by atoms with van der Waals surface area (Å²) in [7, 11) is 0. The summed E-state index contributed by atoms with van der Waals surface area (Å²) < 4.78 is 0. The van der Waals surface area contributed by atoms with Crippen molar-refractivity contribution in [3.8, 4) is 0 Å². The maximum Gasteiger partial charge on any atom is 0.319 e. The molecule has 23 heavy (non-hydrogen) atoms. The fraction of sp³-hybridized carbons (Fsp3) is 0.529. The van der Waals surface area contributed by atoms with Crippen LogP contribution in [0.4, 0.5) is 10.5 Å². The molecule has 3 rings (SSSR count). The summed E-state index contributed by atoms with van der Waals surface area (Å²) in [6.45, 7) is 0. The van der Waals surface area contributed by atoms with Crippen molar-refractivity contribution in [3.63, 3.8) is 0 Å². The molecule has 0 unspecified atom stereocenters. The smallest absolute Gasteiger partial charge is 0.319 e. The van der Waals surface area contributed by atoms with Gasteiger partial charge in [0.25, 0.3) is 5.91 Å². The Morgan fingerprint density at radius 1 is 1.04 bits per heavy atom. The van der Waals surface area contributed by atoms with Crippen LogP contribution in [-0.2, 0) is 0 Å². The fourth-order valence-electron chi connectivity index (χ4n) is 2.85. The molecule has 6 heteroatoms. The van der Waals surface area contributed by atoms with E-state index in [-0.39, 0.29) is 18.0 Å². The number of aliphatic hydroxyl groups is 1. The zero-order valence-corrected chi connectivity index (χ0v) is 13.0. The van der Waals surface area contributed by atoms with Crippen LogP contribution in [0.3, 0.4) is 0 Å². The van der Waals surface area contributed by atoms with Crippen molar-refractivity contribution in [3.05, 3.63) is 29.8 Å². The number of rotatable bonds is 4. The van der Waals surface area contributed by atoms with Gasteiger partial charge in [0.2, 0.25) is 0 Å².